The number of halogens is 2. The number of benzene rings is 3. The molecule has 2 atom stereocenters. The molecule has 3 aromatic rings. The van der Waals surface area contributed by atoms with Crippen molar-refractivity contribution in [3.05, 3.63) is 77.6 Å². The summed E-state index contributed by atoms with van der Waals surface area (Å²) in [5.74, 6) is -0.811. The lowest BCUT2D eigenvalue weighted by molar-refractivity contribution is -0.128. The van der Waals surface area contributed by atoms with Crippen molar-refractivity contribution in [3.63, 3.8) is 0 Å². The van der Waals surface area contributed by atoms with E-state index < -0.39 is 12.1 Å². The number of nitrogens with zero attached hydrogens (tertiary/aromatic N) is 1. The maximum atomic E-state index is 14.9. The number of aryl methyl sites for hydroxylation is 1. The van der Waals surface area contributed by atoms with Gasteiger partial charge in [-0.15, -0.1) is 12.4 Å². The van der Waals surface area contributed by atoms with Gasteiger partial charge in [-0.05, 0) is 55.3 Å². The number of rotatable bonds is 5. The number of carbonyl (C=O) groups excluding carboxylic acids is 2. The lowest BCUT2D eigenvalue weighted by atomic mass is 10.0. The largest absolute Gasteiger partial charge is 0.343 e. The molecule has 1 aliphatic rings. The average Bonchev–Trinajstić information content (AvgIpc) is 2.92. The van der Waals surface area contributed by atoms with Crippen LogP contribution in [0.4, 0.5) is 10.1 Å². The summed E-state index contributed by atoms with van der Waals surface area (Å²) >= 11 is 0. The number of hydrogen-bond acceptors (Lipinski definition) is 3. The first kappa shape index (κ1) is 23.7. The van der Waals surface area contributed by atoms with Gasteiger partial charge in [0.1, 0.15) is 11.9 Å². The summed E-state index contributed by atoms with van der Waals surface area (Å²) in [5, 5.41) is 7.47. The Bertz CT molecular complexity index is 1140. The van der Waals surface area contributed by atoms with Crippen molar-refractivity contribution in [1.82, 2.24) is 10.6 Å². The molecule has 0 unspecified atom stereocenters. The van der Waals surface area contributed by atoms with E-state index in [0.717, 1.165) is 22.0 Å². The molecule has 0 spiro atoms. The van der Waals surface area contributed by atoms with Crippen molar-refractivity contribution in [2.75, 3.05) is 11.9 Å². The molecule has 0 fully saturated rings. The molecular weight excluding hydrogens is 429 g/mol. The van der Waals surface area contributed by atoms with Crippen LogP contribution in [0.1, 0.15) is 24.5 Å². The first-order valence-electron chi connectivity index (χ1n) is 10.5. The number of likely N-dealkylation sites (N-methyl/N-ethyl adjacent to an activating group) is 1. The molecule has 0 aromatic heterocycles. The number of carbonyl (C=O) groups is 2. The van der Waals surface area contributed by atoms with Gasteiger partial charge >= 0.3 is 0 Å². The smallest absolute Gasteiger partial charge is 0.249 e. The summed E-state index contributed by atoms with van der Waals surface area (Å²) in [6.45, 7) is 1.84. The van der Waals surface area contributed by atoms with Gasteiger partial charge in [-0.2, -0.15) is 0 Å². The summed E-state index contributed by atoms with van der Waals surface area (Å²) in [6, 6.07) is 17.4. The second-order valence-corrected chi connectivity index (χ2v) is 7.91. The summed E-state index contributed by atoms with van der Waals surface area (Å²) in [4.78, 5) is 27.7. The molecule has 2 amide bonds. The molecule has 1 aliphatic heterocycles. The van der Waals surface area contributed by atoms with E-state index in [1.165, 1.54) is 6.07 Å². The van der Waals surface area contributed by atoms with Crippen molar-refractivity contribution in [3.8, 4) is 0 Å². The fourth-order valence-electron chi connectivity index (χ4n) is 4.07. The van der Waals surface area contributed by atoms with Crippen LogP contribution in [0.5, 0.6) is 0 Å². The van der Waals surface area contributed by atoms with Crippen LogP contribution in [-0.4, -0.2) is 30.9 Å². The zero-order valence-corrected chi connectivity index (χ0v) is 18.9. The van der Waals surface area contributed by atoms with E-state index in [0.29, 0.717) is 18.4 Å². The van der Waals surface area contributed by atoms with Gasteiger partial charge in [-0.1, -0.05) is 48.5 Å². The third-order valence-corrected chi connectivity index (χ3v) is 5.99. The molecule has 0 aliphatic carbocycles. The van der Waals surface area contributed by atoms with Gasteiger partial charge in [0, 0.05) is 11.3 Å². The molecular formula is C25H27ClFN3O2. The van der Waals surface area contributed by atoms with Crippen molar-refractivity contribution >= 4 is 40.7 Å². The topological polar surface area (TPSA) is 61.4 Å². The second kappa shape index (κ2) is 10.1. The van der Waals surface area contributed by atoms with E-state index in [9.17, 15) is 14.0 Å². The van der Waals surface area contributed by atoms with Crippen LogP contribution in [0, 0.1) is 5.82 Å². The number of para-hydroxylation sites is 1. The maximum Gasteiger partial charge on any atom is 0.249 e. The fraction of sp³-hybridized carbons (Fsp3) is 0.280. The average molecular weight is 456 g/mol. The van der Waals surface area contributed by atoms with Gasteiger partial charge in [-0.25, -0.2) is 4.39 Å². The van der Waals surface area contributed by atoms with E-state index in [-0.39, 0.29) is 36.6 Å². The SMILES string of the molecule is CN[C@@H](C)C(=O)N[C@H]1CCc2ccccc2N(Cc2c(F)ccc3ccccc23)C1=O.Cl. The van der Waals surface area contributed by atoms with Crippen molar-refractivity contribution < 1.29 is 14.0 Å². The molecule has 1 heterocycles. The standard InChI is InChI=1S/C25H26FN3O2.ClH/c1-16(27-2)24(30)28-22-14-12-18-8-4-6-10-23(18)29(25(22)31)15-20-19-9-5-3-7-17(19)11-13-21(20)26;/h3-11,13,16,22,27H,12,14-15H2,1-2H3,(H,28,30);1H/t16-,22-;/m0./s1. The lowest BCUT2D eigenvalue weighted by Gasteiger charge is -2.27. The zero-order valence-electron chi connectivity index (χ0n) is 18.1. The summed E-state index contributed by atoms with van der Waals surface area (Å²) < 4.78 is 14.9. The monoisotopic (exact) mass is 455 g/mol. The summed E-state index contributed by atoms with van der Waals surface area (Å²) in [7, 11) is 1.70. The van der Waals surface area contributed by atoms with E-state index >= 15 is 0 Å². The Morgan fingerprint density at radius 3 is 2.62 bits per heavy atom. The number of fused-ring (bicyclic) bond motifs is 2. The fourth-order valence-corrected chi connectivity index (χ4v) is 4.07. The molecule has 4 rings (SSSR count). The van der Waals surface area contributed by atoms with Crippen molar-refractivity contribution in [1.29, 1.82) is 0 Å². The van der Waals surface area contributed by atoms with Crippen LogP contribution in [-0.2, 0) is 22.6 Å². The Morgan fingerprint density at radius 1 is 1.12 bits per heavy atom. The normalized spacial score (nSPS) is 16.7. The highest BCUT2D eigenvalue weighted by Gasteiger charge is 2.32. The van der Waals surface area contributed by atoms with Crippen LogP contribution >= 0.6 is 12.4 Å². The highest BCUT2D eigenvalue weighted by atomic mass is 35.5. The molecule has 32 heavy (non-hydrogen) atoms. The molecule has 0 saturated heterocycles. The Hall–Kier alpha value is -2.96. The number of hydrogen-bond donors (Lipinski definition) is 2. The Balaban J connectivity index is 0.00000289. The van der Waals surface area contributed by atoms with Crippen molar-refractivity contribution in [2.45, 2.75) is 38.4 Å². The van der Waals surface area contributed by atoms with Crippen LogP contribution in [0.25, 0.3) is 10.8 Å². The van der Waals surface area contributed by atoms with E-state index in [1.54, 1.807) is 24.9 Å². The third kappa shape index (κ3) is 4.61. The first-order valence-corrected chi connectivity index (χ1v) is 10.5. The van der Waals surface area contributed by atoms with Crippen LogP contribution < -0.4 is 15.5 Å². The Labute approximate surface area is 193 Å². The molecule has 2 N–H and O–H groups in total. The van der Waals surface area contributed by atoms with E-state index in [4.69, 9.17) is 0 Å². The minimum absolute atomic E-state index is 0. The van der Waals surface area contributed by atoms with Crippen LogP contribution in [0.3, 0.4) is 0 Å². The molecule has 7 heteroatoms. The number of nitrogens with one attached hydrogen (secondary N) is 2. The second-order valence-electron chi connectivity index (χ2n) is 7.91. The van der Waals surface area contributed by atoms with Gasteiger partial charge in [-0.3, -0.25) is 9.59 Å². The predicted molar refractivity (Wildman–Crippen MR) is 128 cm³/mol. The first-order chi connectivity index (χ1) is 15.0. The van der Waals surface area contributed by atoms with Crippen LogP contribution in [0.2, 0.25) is 0 Å². The van der Waals surface area contributed by atoms with Gasteiger partial charge in [0.25, 0.3) is 0 Å². The highest BCUT2D eigenvalue weighted by molar-refractivity contribution is 6.01. The molecule has 0 bridgehead atoms. The van der Waals surface area contributed by atoms with Crippen LogP contribution in [0.15, 0.2) is 60.7 Å². The van der Waals surface area contributed by atoms with E-state index in [1.807, 2.05) is 48.5 Å². The number of amides is 2. The minimum atomic E-state index is -0.672. The summed E-state index contributed by atoms with van der Waals surface area (Å²) in [5.41, 5.74) is 2.24. The molecule has 0 saturated carbocycles. The molecule has 5 nitrogen and oxygen atoms in total. The van der Waals surface area contributed by atoms with Gasteiger partial charge < -0.3 is 15.5 Å². The summed E-state index contributed by atoms with van der Waals surface area (Å²) in [6.07, 6.45) is 1.14. The van der Waals surface area contributed by atoms with Gasteiger partial charge in [0.2, 0.25) is 11.8 Å². The highest BCUT2D eigenvalue weighted by Crippen LogP contribution is 2.31. The van der Waals surface area contributed by atoms with E-state index in [2.05, 4.69) is 10.6 Å². The van der Waals surface area contributed by atoms with Gasteiger partial charge in [0.05, 0.1) is 12.6 Å². The molecule has 168 valence electrons. The van der Waals surface area contributed by atoms with Gasteiger partial charge in [0.15, 0.2) is 0 Å². The molecule has 3 aromatic carbocycles. The van der Waals surface area contributed by atoms with Crippen molar-refractivity contribution in [2.24, 2.45) is 0 Å². The zero-order chi connectivity index (χ0) is 22.0. The quantitative estimate of drug-likeness (QED) is 0.612. The minimum Gasteiger partial charge on any atom is -0.343 e. The maximum absolute atomic E-state index is 14.9. The molecule has 0 radical (unpaired) electrons. The lowest BCUT2D eigenvalue weighted by Crippen LogP contribution is -2.52. The predicted octanol–water partition coefficient (Wildman–Crippen LogP) is 3.97. The third-order valence-electron chi connectivity index (χ3n) is 5.99. The number of anilines is 1. The Morgan fingerprint density at radius 2 is 1.84 bits per heavy atom. The Kier molecular flexibility index (Phi) is 7.48.